The number of nitrogens with zero attached hydrogens (tertiary/aromatic N) is 2. The molecule has 300 valence electrons. The smallest absolute Gasteiger partial charge is 0.160 e. The average Bonchev–Trinajstić information content (AvgIpc) is 4.00. The highest BCUT2D eigenvalue weighted by molar-refractivity contribution is 6.23. The van der Waals surface area contributed by atoms with Gasteiger partial charge in [-0.2, -0.15) is 0 Å². The Morgan fingerprint density at radius 2 is 0.921 bits per heavy atom. The molecule has 13 rings (SSSR count). The first-order chi connectivity index (χ1) is 30.8. The first kappa shape index (κ1) is 36.1. The number of anilines is 3. The van der Waals surface area contributed by atoms with Crippen LogP contribution in [0, 0.1) is 0 Å². The molecule has 0 fully saturated rings. The van der Waals surface area contributed by atoms with Crippen molar-refractivity contribution in [3.8, 4) is 39.1 Å². The molecular formula is C60H44N2O. The maximum Gasteiger partial charge on any atom is 0.160 e. The van der Waals surface area contributed by atoms with Gasteiger partial charge in [-0.1, -0.05) is 161 Å². The summed E-state index contributed by atoms with van der Waals surface area (Å²) in [5, 5.41) is 4.64. The largest absolute Gasteiger partial charge is 0.454 e. The fourth-order valence-corrected chi connectivity index (χ4v) is 11.3. The predicted octanol–water partition coefficient (Wildman–Crippen LogP) is 16.4. The third kappa shape index (κ3) is 5.02. The van der Waals surface area contributed by atoms with Crippen molar-refractivity contribution >= 4 is 60.8 Å². The summed E-state index contributed by atoms with van der Waals surface area (Å²) >= 11 is 0. The summed E-state index contributed by atoms with van der Waals surface area (Å²) in [5.41, 5.74) is 21.2. The number of aromatic nitrogens is 1. The molecular weight excluding hydrogens is 765 g/mol. The molecule has 0 unspecified atom stereocenters. The van der Waals surface area contributed by atoms with Crippen molar-refractivity contribution in [3.63, 3.8) is 0 Å². The van der Waals surface area contributed by atoms with Gasteiger partial charge in [0.2, 0.25) is 0 Å². The van der Waals surface area contributed by atoms with E-state index in [1.807, 2.05) is 0 Å². The number of hydrogen-bond acceptors (Lipinski definition) is 2. The highest BCUT2D eigenvalue weighted by Gasteiger charge is 2.39. The third-order valence-electron chi connectivity index (χ3n) is 14.4. The number of furan rings is 1. The zero-order valence-corrected chi connectivity index (χ0v) is 35.8. The summed E-state index contributed by atoms with van der Waals surface area (Å²) in [4.78, 5) is 2.39. The van der Waals surface area contributed by atoms with Crippen molar-refractivity contribution in [3.05, 3.63) is 216 Å². The molecule has 3 nitrogen and oxygen atoms in total. The Hall–Kier alpha value is -7.62. The van der Waals surface area contributed by atoms with Gasteiger partial charge >= 0.3 is 0 Å². The van der Waals surface area contributed by atoms with Crippen LogP contribution in [0.3, 0.4) is 0 Å². The van der Waals surface area contributed by atoms with Crippen LogP contribution in [-0.2, 0) is 10.8 Å². The highest BCUT2D eigenvalue weighted by atomic mass is 16.3. The number of benzene rings is 9. The number of rotatable bonds is 5. The van der Waals surface area contributed by atoms with E-state index in [1.54, 1.807) is 0 Å². The van der Waals surface area contributed by atoms with Crippen LogP contribution < -0.4 is 4.90 Å². The van der Waals surface area contributed by atoms with Gasteiger partial charge in [-0.3, -0.25) is 0 Å². The first-order valence-electron chi connectivity index (χ1n) is 22.1. The lowest BCUT2D eigenvalue weighted by atomic mass is 9.81. The van der Waals surface area contributed by atoms with Crippen molar-refractivity contribution in [2.45, 2.75) is 38.5 Å². The molecule has 3 heteroatoms. The summed E-state index contributed by atoms with van der Waals surface area (Å²) in [5.74, 6) is 0. The summed E-state index contributed by atoms with van der Waals surface area (Å²) < 4.78 is 9.71. The van der Waals surface area contributed by atoms with Gasteiger partial charge < -0.3 is 13.9 Å². The molecule has 2 aliphatic carbocycles. The van der Waals surface area contributed by atoms with Crippen LogP contribution in [0.4, 0.5) is 17.1 Å². The fourth-order valence-electron chi connectivity index (χ4n) is 11.3. The van der Waals surface area contributed by atoms with Gasteiger partial charge in [0.05, 0.1) is 11.0 Å². The number of fused-ring (bicyclic) bond motifs is 14. The summed E-state index contributed by atoms with van der Waals surface area (Å²) in [6, 6.07) is 71.2. The second-order valence-electron chi connectivity index (χ2n) is 18.5. The minimum atomic E-state index is -0.188. The Morgan fingerprint density at radius 1 is 0.397 bits per heavy atom. The molecule has 9 aromatic carbocycles. The minimum absolute atomic E-state index is 0.131. The molecule has 0 bridgehead atoms. The number of hydrogen-bond donors (Lipinski definition) is 0. The van der Waals surface area contributed by atoms with Crippen LogP contribution in [0.15, 0.2) is 199 Å². The van der Waals surface area contributed by atoms with E-state index in [-0.39, 0.29) is 10.8 Å². The van der Waals surface area contributed by atoms with Crippen molar-refractivity contribution in [1.82, 2.24) is 4.57 Å². The molecule has 0 aliphatic heterocycles. The topological polar surface area (TPSA) is 21.3 Å². The maximum atomic E-state index is 7.23. The Balaban J connectivity index is 1.04. The first-order valence-corrected chi connectivity index (χ1v) is 22.1. The van der Waals surface area contributed by atoms with Gasteiger partial charge in [0.25, 0.3) is 0 Å². The van der Waals surface area contributed by atoms with Crippen molar-refractivity contribution in [2.24, 2.45) is 0 Å². The Bertz CT molecular complexity index is 3660. The molecule has 0 saturated carbocycles. The zero-order chi connectivity index (χ0) is 42.2. The summed E-state index contributed by atoms with van der Waals surface area (Å²) in [7, 11) is 0. The van der Waals surface area contributed by atoms with Crippen molar-refractivity contribution < 1.29 is 4.42 Å². The van der Waals surface area contributed by atoms with E-state index >= 15 is 0 Å². The van der Waals surface area contributed by atoms with Crippen LogP contribution in [0.5, 0.6) is 0 Å². The highest BCUT2D eigenvalue weighted by Crippen LogP contribution is 2.54. The molecule has 0 atom stereocenters. The molecule has 0 radical (unpaired) electrons. The van der Waals surface area contributed by atoms with Gasteiger partial charge in [0, 0.05) is 61.2 Å². The van der Waals surface area contributed by atoms with E-state index in [0.717, 1.165) is 50.2 Å². The Kier molecular flexibility index (Phi) is 7.42. The van der Waals surface area contributed by atoms with Gasteiger partial charge in [-0.15, -0.1) is 0 Å². The van der Waals surface area contributed by atoms with Gasteiger partial charge in [-0.25, -0.2) is 0 Å². The molecule has 2 heterocycles. The Morgan fingerprint density at radius 3 is 1.68 bits per heavy atom. The second kappa shape index (κ2) is 13.0. The lowest BCUT2D eigenvalue weighted by molar-refractivity contribution is 0.660. The fraction of sp³-hybridized carbons (Fsp3) is 0.100. The monoisotopic (exact) mass is 808 g/mol. The van der Waals surface area contributed by atoms with Gasteiger partial charge in [0.1, 0.15) is 5.58 Å². The maximum absolute atomic E-state index is 7.23. The molecule has 63 heavy (non-hydrogen) atoms. The van der Waals surface area contributed by atoms with E-state index in [9.17, 15) is 0 Å². The van der Waals surface area contributed by atoms with Crippen LogP contribution in [-0.4, -0.2) is 4.57 Å². The minimum Gasteiger partial charge on any atom is -0.454 e. The lowest BCUT2D eigenvalue weighted by Crippen LogP contribution is -2.16. The third-order valence-corrected chi connectivity index (χ3v) is 14.4. The standard InChI is InChI=1S/C60H44N2O/c1-59(2)51-21-13-11-19-43(51)45-29-27-41(35-53(45)59)61(40-25-23-38(24-26-40)37-15-7-5-8-16-37)42-28-30-46-50-34-33-49-48-32-31-47-44-20-12-14-22-52(44)60(3,4)55(47)56(48)62(39-17-9-6-10-18-39)57(49)58(50)63-54(46)36-42/h5-36H,1-4H3. The van der Waals surface area contributed by atoms with Gasteiger partial charge in [-0.05, 0) is 110 Å². The number of para-hydroxylation sites is 1. The molecule has 0 N–H and O–H groups in total. The average molecular weight is 809 g/mol. The normalized spacial score (nSPS) is 14.3. The predicted molar refractivity (Wildman–Crippen MR) is 263 cm³/mol. The lowest BCUT2D eigenvalue weighted by Gasteiger charge is -2.28. The molecule has 0 saturated heterocycles. The van der Waals surface area contributed by atoms with Crippen molar-refractivity contribution in [2.75, 3.05) is 4.90 Å². The van der Waals surface area contributed by atoms with E-state index < -0.39 is 0 Å². The molecule has 0 amide bonds. The Labute approximate surface area is 367 Å². The van der Waals surface area contributed by atoms with Gasteiger partial charge in [0.15, 0.2) is 5.58 Å². The summed E-state index contributed by atoms with van der Waals surface area (Å²) in [6.45, 7) is 9.46. The molecule has 11 aromatic rings. The quantitative estimate of drug-likeness (QED) is 0.173. The van der Waals surface area contributed by atoms with E-state index in [0.29, 0.717) is 0 Å². The summed E-state index contributed by atoms with van der Waals surface area (Å²) in [6.07, 6.45) is 0. The van der Waals surface area contributed by atoms with E-state index in [2.05, 4.69) is 231 Å². The SMILES string of the molecule is CC1(C)c2ccccc2-c2ccc(N(c3ccc(-c4ccccc4)cc3)c3ccc4c(c3)oc3c4ccc4c5ccc6c(c5n(-c5ccccc5)c43)C(C)(C)c3ccccc3-6)cc21. The molecule has 2 aromatic heterocycles. The molecule has 2 aliphatic rings. The van der Waals surface area contributed by atoms with E-state index in [1.165, 1.54) is 71.9 Å². The van der Waals surface area contributed by atoms with Crippen LogP contribution in [0.25, 0.3) is 82.8 Å². The van der Waals surface area contributed by atoms with Crippen LogP contribution in [0.2, 0.25) is 0 Å². The zero-order valence-electron chi connectivity index (χ0n) is 35.8. The van der Waals surface area contributed by atoms with Crippen LogP contribution >= 0.6 is 0 Å². The molecule has 0 spiro atoms. The van der Waals surface area contributed by atoms with Crippen LogP contribution in [0.1, 0.15) is 49.9 Å². The second-order valence-corrected chi connectivity index (χ2v) is 18.5. The van der Waals surface area contributed by atoms with E-state index in [4.69, 9.17) is 4.42 Å². The van der Waals surface area contributed by atoms with Crippen molar-refractivity contribution in [1.29, 1.82) is 0 Å².